The maximum absolute atomic E-state index is 14.6. The van der Waals surface area contributed by atoms with E-state index in [4.69, 9.17) is 4.98 Å². The Bertz CT molecular complexity index is 1000. The van der Waals surface area contributed by atoms with Crippen molar-refractivity contribution >= 4 is 28.8 Å². The number of allylic oxidation sites excluding steroid dienone is 2. The highest BCUT2D eigenvalue weighted by Crippen LogP contribution is 2.38. The van der Waals surface area contributed by atoms with Crippen molar-refractivity contribution in [3.05, 3.63) is 58.7 Å². The van der Waals surface area contributed by atoms with E-state index < -0.39 is 0 Å². The zero-order chi connectivity index (χ0) is 23.7. The number of amidine groups is 1. The van der Waals surface area contributed by atoms with Crippen molar-refractivity contribution in [2.45, 2.75) is 52.4 Å². The lowest BCUT2D eigenvalue weighted by molar-refractivity contribution is -0.140. The molecule has 2 aromatic rings. The lowest BCUT2D eigenvalue weighted by atomic mass is 9.98. The third-order valence-corrected chi connectivity index (χ3v) is 6.12. The van der Waals surface area contributed by atoms with Crippen LogP contribution in [-0.4, -0.2) is 30.4 Å². The Morgan fingerprint density at radius 3 is 2.66 bits per heavy atom. The van der Waals surface area contributed by atoms with Crippen molar-refractivity contribution < 1.29 is 13.9 Å². The van der Waals surface area contributed by atoms with Crippen molar-refractivity contribution in [3.8, 4) is 11.3 Å². The molecule has 0 aliphatic carbocycles. The Hall–Kier alpha value is -2.80. The molecule has 0 atom stereocenters. The van der Waals surface area contributed by atoms with Crippen LogP contribution in [0.1, 0.15) is 56.8 Å². The maximum atomic E-state index is 14.6. The molecular weight excluding hydrogens is 425 g/mol. The Balaban J connectivity index is 2.31. The highest BCUT2D eigenvalue weighted by atomic mass is 32.1. The molecule has 0 unspecified atom stereocenters. The zero-order valence-electron chi connectivity index (χ0n) is 19.5. The van der Waals surface area contributed by atoms with Gasteiger partial charge in [-0.3, -0.25) is 9.79 Å². The van der Waals surface area contributed by atoms with Crippen LogP contribution >= 0.6 is 11.3 Å². The fraction of sp³-hybridized carbons (Fsp3) is 0.400. The predicted octanol–water partition coefficient (Wildman–Crippen LogP) is 6.12. The molecule has 7 heteroatoms. The first-order valence-corrected chi connectivity index (χ1v) is 11.4. The number of esters is 1. The number of ether oxygens (including phenoxy) is 1. The van der Waals surface area contributed by atoms with E-state index in [1.807, 2.05) is 19.1 Å². The highest BCUT2D eigenvalue weighted by Gasteiger charge is 2.25. The molecule has 0 radical (unpaired) electrons. The molecule has 0 bridgehead atoms. The lowest BCUT2D eigenvalue weighted by Gasteiger charge is -2.13. The van der Waals surface area contributed by atoms with Crippen molar-refractivity contribution in [1.29, 1.82) is 0 Å². The summed E-state index contributed by atoms with van der Waals surface area (Å²) < 4.78 is 19.3. The molecule has 0 spiro atoms. The first kappa shape index (κ1) is 25.5. The van der Waals surface area contributed by atoms with Crippen LogP contribution in [0.15, 0.2) is 48.0 Å². The van der Waals surface area contributed by atoms with Crippen LogP contribution in [0.2, 0.25) is 0 Å². The molecule has 1 aromatic carbocycles. The highest BCUT2D eigenvalue weighted by molar-refractivity contribution is 7.13. The number of rotatable bonds is 9. The quantitative estimate of drug-likeness (QED) is 0.162. The summed E-state index contributed by atoms with van der Waals surface area (Å²) in [7, 11) is 1.39. The summed E-state index contributed by atoms with van der Waals surface area (Å²) in [5.41, 5.74) is 1.65. The summed E-state index contributed by atoms with van der Waals surface area (Å²) >= 11 is 1.53. The number of aliphatic imine (C=N–C) groups is 1. The third kappa shape index (κ3) is 7.12. The minimum absolute atomic E-state index is 0.176. The number of carbonyl (C=O) groups is 1. The Labute approximate surface area is 194 Å². The summed E-state index contributed by atoms with van der Waals surface area (Å²) in [6.45, 7) is 12.6. The minimum atomic E-state index is -0.312. The van der Waals surface area contributed by atoms with Gasteiger partial charge in [0.25, 0.3) is 0 Å². The van der Waals surface area contributed by atoms with E-state index in [1.54, 1.807) is 18.2 Å². The third-order valence-electron chi connectivity index (χ3n) is 4.61. The average Bonchev–Trinajstić information content (AvgIpc) is 3.19. The molecule has 0 aliphatic rings. The van der Waals surface area contributed by atoms with Crippen LogP contribution in [0.3, 0.4) is 0 Å². The first-order chi connectivity index (χ1) is 15.2. The number of aromatic nitrogens is 1. The summed E-state index contributed by atoms with van der Waals surface area (Å²) in [4.78, 5) is 21.4. The lowest BCUT2D eigenvalue weighted by Crippen LogP contribution is -2.19. The maximum Gasteiger partial charge on any atom is 0.305 e. The molecule has 2 rings (SSSR count). The van der Waals surface area contributed by atoms with Gasteiger partial charge in [0.05, 0.1) is 34.2 Å². The number of unbranched alkanes of at least 4 members (excludes halogenated alkanes) is 1. The number of hydrogen-bond donors (Lipinski definition) is 1. The number of halogens is 1. The standard InChI is InChI=1S/C25H32FN3O2S/c1-7-12-20(28-17(2)27-16-11-10-15-21(30)31-6)23-22(18-13-8-9-14-19(18)26)29-24(32-23)25(3,4)5/h7-9,12-14H,1,10-11,15-16H2,2-6H3,(H,27,28)/b20-12-. The van der Waals surface area contributed by atoms with E-state index in [0.29, 0.717) is 24.2 Å². The van der Waals surface area contributed by atoms with E-state index in [0.717, 1.165) is 34.3 Å². The largest absolute Gasteiger partial charge is 0.469 e. The second-order valence-electron chi connectivity index (χ2n) is 8.37. The van der Waals surface area contributed by atoms with E-state index in [2.05, 4.69) is 42.4 Å². The number of nitrogens with one attached hydrogen (secondary N) is 1. The van der Waals surface area contributed by atoms with Crippen LogP contribution in [-0.2, 0) is 14.9 Å². The van der Waals surface area contributed by atoms with Crippen molar-refractivity contribution in [3.63, 3.8) is 0 Å². The van der Waals surface area contributed by atoms with Gasteiger partial charge in [-0.25, -0.2) is 9.37 Å². The normalized spacial score (nSPS) is 12.6. The van der Waals surface area contributed by atoms with E-state index in [9.17, 15) is 9.18 Å². The zero-order valence-corrected chi connectivity index (χ0v) is 20.3. The number of thiazole rings is 1. The number of carbonyl (C=O) groups excluding carboxylic acids is 1. The van der Waals surface area contributed by atoms with Crippen LogP contribution in [0.5, 0.6) is 0 Å². The van der Waals surface area contributed by atoms with Crippen molar-refractivity contribution in [1.82, 2.24) is 10.3 Å². The number of nitrogens with zero attached hydrogens (tertiary/aromatic N) is 2. The summed E-state index contributed by atoms with van der Waals surface area (Å²) in [6.07, 6.45) is 5.43. The molecular formula is C25H32FN3O2S. The Morgan fingerprint density at radius 1 is 1.31 bits per heavy atom. The molecule has 1 N–H and O–H groups in total. The summed E-state index contributed by atoms with van der Waals surface area (Å²) in [5.74, 6) is 0.204. The van der Waals surface area contributed by atoms with E-state index >= 15 is 0 Å². The van der Waals surface area contributed by atoms with Gasteiger partial charge in [-0.1, -0.05) is 45.6 Å². The van der Waals surface area contributed by atoms with Gasteiger partial charge in [0.1, 0.15) is 5.82 Å². The molecule has 0 aliphatic heterocycles. The molecule has 32 heavy (non-hydrogen) atoms. The minimum Gasteiger partial charge on any atom is -0.469 e. The molecule has 0 saturated carbocycles. The van der Waals surface area contributed by atoms with Gasteiger partial charge in [-0.15, -0.1) is 11.3 Å². The monoisotopic (exact) mass is 457 g/mol. The molecule has 1 aromatic heterocycles. The second kappa shape index (κ2) is 11.7. The average molecular weight is 458 g/mol. The van der Waals surface area contributed by atoms with E-state index in [-0.39, 0.29) is 17.2 Å². The summed E-state index contributed by atoms with van der Waals surface area (Å²) in [5, 5.41) is 4.25. The SMILES string of the molecule is C=C/C=C(\NC(C)=NCCCCC(=O)OC)c1sc(C(C)(C)C)nc1-c1ccccc1F. The van der Waals surface area contributed by atoms with Crippen molar-refractivity contribution in [2.75, 3.05) is 13.7 Å². The van der Waals surface area contributed by atoms with Crippen LogP contribution in [0.25, 0.3) is 17.0 Å². The van der Waals surface area contributed by atoms with Crippen LogP contribution in [0, 0.1) is 5.82 Å². The van der Waals surface area contributed by atoms with Gasteiger partial charge in [-0.05, 0) is 38.0 Å². The van der Waals surface area contributed by atoms with Gasteiger partial charge < -0.3 is 10.1 Å². The fourth-order valence-electron chi connectivity index (χ4n) is 2.92. The Morgan fingerprint density at radius 2 is 2.03 bits per heavy atom. The van der Waals surface area contributed by atoms with Crippen molar-refractivity contribution in [2.24, 2.45) is 4.99 Å². The molecule has 0 fully saturated rings. The van der Waals surface area contributed by atoms with Gasteiger partial charge in [0, 0.05) is 23.9 Å². The molecule has 0 saturated heterocycles. The van der Waals surface area contributed by atoms with Gasteiger partial charge in [-0.2, -0.15) is 0 Å². The number of hydrogen-bond acceptors (Lipinski definition) is 5. The predicted molar refractivity (Wildman–Crippen MR) is 131 cm³/mol. The van der Waals surface area contributed by atoms with Gasteiger partial charge in [0.15, 0.2) is 0 Å². The second-order valence-corrected chi connectivity index (χ2v) is 9.37. The number of methoxy groups -OCH3 is 1. The van der Waals surface area contributed by atoms with Crippen LogP contribution < -0.4 is 5.32 Å². The summed E-state index contributed by atoms with van der Waals surface area (Å²) in [6, 6.07) is 6.67. The molecule has 172 valence electrons. The smallest absolute Gasteiger partial charge is 0.305 e. The molecule has 1 heterocycles. The van der Waals surface area contributed by atoms with Gasteiger partial charge >= 0.3 is 5.97 Å². The number of benzene rings is 1. The van der Waals surface area contributed by atoms with E-state index in [1.165, 1.54) is 24.5 Å². The van der Waals surface area contributed by atoms with Gasteiger partial charge in [0.2, 0.25) is 0 Å². The van der Waals surface area contributed by atoms with Crippen LogP contribution in [0.4, 0.5) is 4.39 Å². The first-order valence-electron chi connectivity index (χ1n) is 10.6. The Kier molecular flexibility index (Phi) is 9.32. The molecule has 0 amide bonds. The fourth-order valence-corrected chi connectivity index (χ4v) is 4.03. The molecule has 5 nitrogen and oxygen atoms in total. The topological polar surface area (TPSA) is 63.6 Å².